The summed E-state index contributed by atoms with van der Waals surface area (Å²) in [6, 6.07) is 6.34. The molecule has 7 nitrogen and oxygen atoms in total. The first-order chi connectivity index (χ1) is 15.1. The molecule has 0 unspecified atom stereocenters. The Balaban J connectivity index is 1.17. The minimum Gasteiger partial charge on any atom is -0.342 e. The monoisotopic (exact) mass is 426 g/mol. The molecule has 1 aromatic carbocycles. The Hall–Kier alpha value is -2.77. The number of amides is 2. The number of hydrogen-bond donors (Lipinski definition) is 0. The fraction of sp³-hybridized carbons (Fsp3) is 0.565. The number of nitrogens with zero attached hydrogens (tertiary/aromatic N) is 4. The molecule has 2 aromatic rings. The molecule has 164 valence electrons. The van der Waals surface area contributed by atoms with Crippen LogP contribution in [0.1, 0.15) is 56.8 Å². The van der Waals surface area contributed by atoms with Crippen LogP contribution in [0.25, 0.3) is 11.4 Å². The third-order valence-corrected chi connectivity index (χ3v) is 6.97. The Labute approximate surface area is 180 Å². The molecule has 2 amide bonds. The van der Waals surface area contributed by atoms with E-state index in [1.54, 1.807) is 12.1 Å². The number of benzene rings is 1. The summed E-state index contributed by atoms with van der Waals surface area (Å²) in [5, 5.41) is 4.03. The van der Waals surface area contributed by atoms with E-state index in [1.165, 1.54) is 25.0 Å². The standard InChI is InChI=1S/C23H27FN4O3/c24-18-7-5-15(6-8-18)21-25-22(31-26-21)16-9-11-27(12-10-16)23(30)17-13-20(29)28(14-17)19-3-1-2-4-19/h5-8,16-17,19H,1-4,9-14H2/t17-/m1/s1. The first-order valence-electron chi connectivity index (χ1n) is 11.3. The lowest BCUT2D eigenvalue weighted by atomic mass is 9.95. The predicted octanol–water partition coefficient (Wildman–Crippen LogP) is 3.37. The van der Waals surface area contributed by atoms with Crippen molar-refractivity contribution in [2.45, 2.75) is 56.9 Å². The zero-order chi connectivity index (χ0) is 21.4. The summed E-state index contributed by atoms with van der Waals surface area (Å²) in [5.74, 6) is 0.841. The van der Waals surface area contributed by atoms with Gasteiger partial charge in [0, 0.05) is 43.6 Å². The van der Waals surface area contributed by atoms with Crippen molar-refractivity contribution in [3.63, 3.8) is 0 Å². The highest BCUT2D eigenvalue weighted by molar-refractivity contribution is 5.89. The highest BCUT2D eigenvalue weighted by Gasteiger charge is 2.41. The second-order valence-electron chi connectivity index (χ2n) is 8.95. The van der Waals surface area contributed by atoms with Crippen molar-refractivity contribution in [1.29, 1.82) is 0 Å². The third kappa shape index (κ3) is 4.07. The van der Waals surface area contributed by atoms with Gasteiger partial charge in [-0.2, -0.15) is 4.98 Å². The number of rotatable bonds is 4. The minimum absolute atomic E-state index is 0.102. The summed E-state index contributed by atoms with van der Waals surface area (Å²) in [4.78, 5) is 33.8. The number of likely N-dealkylation sites (tertiary alicyclic amines) is 2. The van der Waals surface area contributed by atoms with Gasteiger partial charge < -0.3 is 14.3 Å². The number of carbonyl (C=O) groups excluding carboxylic acids is 2. The van der Waals surface area contributed by atoms with Crippen molar-refractivity contribution < 1.29 is 18.5 Å². The average molecular weight is 426 g/mol. The lowest BCUT2D eigenvalue weighted by molar-refractivity contribution is -0.137. The van der Waals surface area contributed by atoms with E-state index >= 15 is 0 Å². The van der Waals surface area contributed by atoms with Crippen LogP contribution in [0, 0.1) is 11.7 Å². The van der Waals surface area contributed by atoms with Crippen LogP contribution in [0.15, 0.2) is 28.8 Å². The van der Waals surface area contributed by atoms with Crippen molar-refractivity contribution in [2.24, 2.45) is 5.92 Å². The summed E-state index contributed by atoms with van der Waals surface area (Å²) in [6.07, 6.45) is 6.36. The molecule has 5 rings (SSSR count). The fourth-order valence-corrected chi connectivity index (χ4v) is 5.19. The van der Waals surface area contributed by atoms with Crippen LogP contribution in [0.2, 0.25) is 0 Å². The third-order valence-electron chi connectivity index (χ3n) is 6.97. The Kier molecular flexibility index (Phi) is 5.46. The van der Waals surface area contributed by atoms with Crippen LogP contribution in [0.4, 0.5) is 4.39 Å². The molecule has 2 aliphatic heterocycles. The van der Waals surface area contributed by atoms with Gasteiger partial charge in [0.2, 0.25) is 23.5 Å². The van der Waals surface area contributed by atoms with Crippen LogP contribution in [0.3, 0.4) is 0 Å². The highest BCUT2D eigenvalue weighted by Crippen LogP contribution is 2.33. The normalized spacial score (nSPS) is 23.1. The van der Waals surface area contributed by atoms with Gasteiger partial charge in [0.25, 0.3) is 0 Å². The zero-order valence-corrected chi connectivity index (χ0v) is 17.5. The van der Waals surface area contributed by atoms with Crippen molar-refractivity contribution >= 4 is 11.8 Å². The number of halogens is 1. The molecule has 1 aromatic heterocycles. The van der Waals surface area contributed by atoms with Gasteiger partial charge in [-0.15, -0.1) is 0 Å². The number of carbonyl (C=O) groups is 2. The summed E-state index contributed by atoms with van der Waals surface area (Å²) in [6.45, 7) is 1.84. The van der Waals surface area contributed by atoms with Crippen LogP contribution >= 0.6 is 0 Å². The quantitative estimate of drug-likeness (QED) is 0.749. The fourth-order valence-electron chi connectivity index (χ4n) is 5.19. The van der Waals surface area contributed by atoms with E-state index in [0.717, 1.165) is 25.7 Å². The van der Waals surface area contributed by atoms with Gasteiger partial charge in [0.15, 0.2) is 0 Å². The molecule has 0 spiro atoms. The molecule has 2 saturated heterocycles. The van der Waals surface area contributed by atoms with Gasteiger partial charge in [0.05, 0.1) is 5.92 Å². The summed E-state index contributed by atoms with van der Waals surface area (Å²) in [5.41, 5.74) is 0.710. The largest absolute Gasteiger partial charge is 0.342 e. The smallest absolute Gasteiger partial charge is 0.230 e. The Morgan fingerprint density at radius 1 is 1.06 bits per heavy atom. The van der Waals surface area contributed by atoms with Crippen LogP contribution < -0.4 is 0 Å². The first kappa shape index (κ1) is 20.2. The molecule has 0 radical (unpaired) electrons. The predicted molar refractivity (Wildman–Crippen MR) is 110 cm³/mol. The van der Waals surface area contributed by atoms with Gasteiger partial charge in [-0.1, -0.05) is 18.0 Å². The summed E-state index contributed by atoms with van der Waals surface area (Å²) in [7, 11) is 0. The van der Waals surface area contributed by atoms with Gasteiger partial charge in [0.1, 0.15) is 5.82 Å². The molecule has 3 fully saturated rings. The molecule has 1 aliphatic carbocycles. The maximum atomic E-state index is 13.1. The average Bonchev–Trinajstić information content (AvgIpc) is 3.55. The second kappa shape index (κ2) is 8.40. The molecule has 1 saturated carbocycles. The number of hydrogen-bond acceptors (Lipinski definition) is 5. The lowest BCUT2D eigenvalue weighted by Crippen LogP contribution is -2.42. The first-order valence-corrected chi connectivity index (χ1v) is 11.3. The van der Waals surface area contributed by atoms with Crippen LogP contribution in [-0.2, 0) is 9.59 Å². The lowest BCUT2D eigenvalue weighted by Gasteiger charge is -2.32. The van der Waals surface area contributed by atoms with E-state index in [-0.39, 0.29) is 29.5 Å². The Bertz CT molecular complexity index is 946. The highest BCUT2D eigenvalue weighted by atomic mass is 19.1. The van der Waals surface area contributed by atoms with E-state index in [4.69, 9.17) is 4.52 Å². The molecular weight excluding hydrogens is 399 g/mol. The molecule has 3 heterocycles. The van der Waals surface area contributed by atoms with Gasteiger partial charge in [-0.05, 0) is 49.9 Å². The molecule has 1 atom stereocenters. The topological polar surface area (TPSA) is 79.5 Å². The summed E-state index contributed by atoms with van der Waals surface area (Å²) >= 11 is 0. The van der Waals surface area contributed by atoms with Gasteiger partial charge >= 0.3 is 0 Å². The van der Waals surface area contributed by atoms with Gasteiger partial charge in [-0.3, -0.25) is 9.59 Å². The van der Waals surface area contributed by atoms with Crippen molar-refractivity contribution in [3.05, 3.63) is 36.0 Å². The summed E-state index contributed by atoms with van der Waals surface area (Å²) < 4.78 is 18.6. The molecule has 0 N–H and O–H groups in total. The van der Waals surface area contributed by atoms with Crippen molar-refractivity contribution in [2.75, 3.05) is 19.6 Å². The van der Waals surface area contributed by atoms with E-state index in [9.17, 15) is 14.0 Å². The molecular formula is C23H27FN4O3. The number of piperidine rings is 1. The molecule has 31 heavy (non-hydrogen) atoms. The van der Waals surface area contributed by atoms with Crippen LogP contribution in [0.5, 0.6) is 0 Å². The Morgan fingerprint density at radius 2 is 1.77 bits per heavy atom. The molecule has 3 aliphatic rings. The van der Waals surface area contributed by atoms with Crippen molar-refractivity contribution in [3.8, 4) is 11.4 Å². The van der Waals surface area contributed by atoms with E-state index in [1.807, 2.05) is 9.80 Å². The molecule has 8 heteroatoms. The Morgan fingerprint density at radius 3 is 2.48 bits per heavy atom. The second-order valence-corrected chi connectivity index (χ2v) is 8.95. The SMILES string of the molecule is O=C([C@@H]1CC(=O)N(C2CCCC2)C1)N1CCC(c2nc(-c3ccc(F)cc3)no2)CC1. The van der Waals surface area contributed by atoms with Crippen LogP contribution in [-0.4, -0.2) is 57.4 Å². The van der Waals surface area contributed by atoms with E-state index in [0.29, 0.717) is 49.4 Å². The number of aromatic nitrogens is 2. The maximum absolute atomic E-state index is 13.1. The van der Waals surface area contributed by atoms with Gasteiger partial charge in [-0.25, -0.2) is 4.39 Å². The molecule has 0 bridgehead atoms. The van der Waals surface area contributed by atoms with Crippen molar-refractivity contribution in [1.82, 2.24) is 19.9 Å². The minimum atomic E-state index is -0.306. The van der Waals surface area contributed by atoms with E-state index in [2.05, 4.69) is 10.1 Å². The zero-order valence-electron chi connectivity index (χ0n) is 17.5. The maximum Gasteiger partial charge on any atom is 0.230 e. The van der Waals surface area contributed by atoms with E-state index < -0.39 is 0 Å².